The van der Waals surface area contributed by atoms with Gasteiger partial charge in [0.05, 0.1) is 0 Å². The smallest absolute Gasteiger partial charge is 0.332 e. The Morgan fingerprint density at radius 1 is 0.652 bits per heavy atom. The molecule has 0 radical (unpaired) electrons. The molecule has 138 valence electrons. The van der Waals surface area contributed by atoms with Gasteiger partial charge in [-0.3, -0.25) is 0 Å². The predicted molar refractivity (Wildman–Crippen MR) is 99.9 cm³/mol. The number of rotatable bonds is 17. The summed E-state index contributed by atoms with van der Waals surface area (Å²) in [5.74, 6) is -1.10. The first-order valence-electron chi connectivity index (χ1n) is 9.20. The highest BCUT2D eigenvalue weighted by Gasteiger charge is 2.11. The van der Waals surface area contributed by atoms with Gasteiger partial charge in [0.2, 0.25) is 0 Å². The van der Waals surface area contributed by atoms with Gasteiger partial charge in [0.15, 0.2) is 23.5 Å². The first-order chi connectivity index (χ1) is 10.7. The summed E-state index contributed by atoms with van der Waals surface area (Å²) in [5.41, 5.74) is 0. The van der Waals surface area contributed by atoms with Crippen LogP contribution >= 0.6 is 0 Å². The van der Waals surface area contributed by atoms with Gasteiger partial charge in [-0.15, -0.1) is 0 Å². The zero-order valence-electron chi connectivity index (χ0n) is 14.1. The number of carboxylic acid groups (broad SMARTS) is 1. The van der Waals surface area contributed by atoms with Crippen molar-refractivity contribution in [1.82, 2.24) is 0 Å². The molecule has 0 aliphatic rings. The summed E-state index contributed by atoms with van der Waals surface area (Å²) in [4.78, 5) is 10.4. The van der Waals surface area contributed by atoms with Crippen molar-refractivity contribution >= 4 is 23.3 Å². The minimum absolute atomic E-state index is 0. The summed E-state index contributed by atoms with van der Waals surface area (Å²) in [5, 5.41) is 26.3. The molecule has 0 aromatic rings. The van der Waals surface area contributed by atoms with Crippen molar-refractivity contribution in [2.75, 3.05) is 6.61 Å². The highest BCUT2D eigenvalue weighted by atomic mass is 27.0. The molecule has 0 bridgehead atoms. The first kappa shape index (κ1) is 25.2. The lowest BCUT2D eigenvalue weighted by molar-refractivity contribution is -0.146. The van der Waals surface area contributed by atoms with Crippen LogP contribution in [0.25, 0.3) is 0 Å². The molecule has 0 spiro atoms. The molecule has 23 heavy (non-hydrogen) atoms. The van der Waals surface area contributed by atoms with Crippen LogP contribution in [-0.2, 0) is 4.79 Å². The summed E-state index contributed by atoms with van der Waals surface area (Å²) in [6, 6.07) is 0. The van der Waals surface area contributed by atoms with Crippen molar-refractivity contribution in [2.45, 2.75) is 102 Å². The Labute approximate surface area is 152 Å². The van der Waals surface area contributed by atoms with E-state index in [1.54, 1.807) is 0 Å². The average Bonchev–Trinajstić information content (AvgIpc) is 2.50. The second-order valence-electron chi connectivity index (χ2n) is 6.32. The molecule has 0 aliphatic carbocycles. The summed E-state index contributed by atoms with van der Waals surface area (Å²) >= 11 is 0. The zero-order valence-corrected chi connectivity index (χ0v) is 14.1. The van der Waals surface area contributed by atoms with E-state index in [9.17, 15) is 4.79 Å². The van der Waals surface area contributed by atoms with Crippen LogP contribution in [0.1, 0.15) is 96.3 Å². The van der Waals surface area contributed by atoms with Crippen molar-refractivity contribution in [2.24, 2.45) is 0 Å². The van der Waals surface area contributed by atoms with Crippen LogP contribution in [0.4, 0.5) is 0 Å². The number of aliphatic hydroxyl groups is 2. The molecule has 0 saturated heterocycles. The molecule has 0 aromatic carbocycles. The van der Waals surface area contributed by atoms with E-state index in [-0.39, 0.29) is 17.4 Å². The molecule has 0 fully saturated rings. The third-order valence-corrected chi connectivity index (χ3v) is 4.17. The Bertz CT molecular complexity index is 249. The van der Waals surface area contributed by atoms with Crippen molar-refractivity contribution in [3.05, 3.63) is 0 Å². The third kappa shape index (κ3) is 19.9. The topological polar surface area (TPSA) is 77.8 Å². The van der Waals surface area contributed by atoms with Crippen LogP contribution in [-0.4, -0.2) is 51.4 Å². The molecular formula is C18H39AlO4. The minimum Gasteiger partial charge on any atom is -0.479 e. The van der Waals surface area contributed by atoms with Gasteiger partial charge in [0.1, 0.15) is 0 Å². The van der Waals surface area contributed by atoms with Gasteiger partial charge in [-0.25, -0.2) is 4.79 Å². The molecule has 3 N–H and O–H groups in total. The molecule has 1 unspecified atom stereocenters. The SMILES string of the molecule is O=C(O)C(O)CCCCCCCCCCCCCCCCO.[AlH3]. The quantitative estimate of drug-likeness (QED) is 0.279. The van der Waals surface area contributed by atoms with Crippen LogP contribution in [0.3, 0.4) is 0 Å². The molecule has 1 atom stereocenters. The van der Waals surface area contributed by atoms with E-state index in [2.05, 4.69) is 0 Å². The number of carbonyl (C=O) groups is 1. The lowest BCUT2D eigenvalue weighted by Gasteiger charge is -2.05. The predicted octanol–water partition coefficient (Wildman–Crippen LogP) is 3.09. The third-order valence-electron chi connectivity index (χ3n) is 4.17. The molecule has 0 rings (SSSR count). The Morgan fingerprint density at radius 3 is 1.26 bits per heavy atom. The van der Waals surface area contributed by atoms with Crippen molar-refractivity contribution < 1.29 is 20.1 Å². The molecule has 5 heteroatoms. The van der Waals surface area contributed by atoms with E-state index in [0.29, 0.717) is 13.0 Å². The summed E-state index contributed by atoms with van der Waals surface area (Å²) in [6.07, 6.45) is 16.0. The van der Waals surface area contributed by atoms with E-state index in [4.69, 9.17) is 15.3 Å². The van der Waals surface area contributed by atoms with Gasteiger partial charge >= 0.3 is 5.97 Å². The van der Waals surface area contributed by atoms with E-state index in [1.165, 1.54) is 64.2 Å². The van der Waals surface area contributed by atoms with Gasteiger partial charge < -0.3 is 15.3 Å². The van der Waals surface area contributed by atoms with E-state index in [1.807, 2.05) is 0 Å². The van der Waals surface area contributed by atoms with Crippen molar-refractivity contribution in [3.8, 4) is 0 Å². The fourth-order valence-corrected chi connectivity index (χ4v) is 2.69. The zero-order chi connectivity index (χ0) is 16.5. The Hall–Kier alpha value is -0.0775. The normalized spacial score (nSPS) is 11.9. The van der Waals surface area contributed by atoms with Crippen LogP contribution < -0.4 is 0 Å². The summed E-state index contributed by atoms with van der Waals surface area (Å²) < 4.78 is 0. The summed E-state index contributed by atoms with van der Waals surface area (Å²) in [6.45, 7) is 0.333. The highest BCUT2D eigenvalue weighted by Crippen LogP contribution is 2.13. The maximum absolute atomic E-state index is 10.4. The van der Waals surface area contributed by atoms with Gasteiger partial charge in [0.25, 0.3) is 0 Å². The minimum atomic E-state index is -1.18. The lowest BCUT2D eigenvalue weighted by atomic mass is 10.0. The molecule has 0 aliphatic heterocycles. The summed E-state index contributed by atoms with van der Waals surface area (Å²) in [7, 11) is 0. The highest BCUT2D eigenvalue weighted by molar-refractivity contribution is 5.75. The van der Waals surface area contributed by atoms with Crippen LogP contribution in [0.2, 0.25) is 0 Å². The number of hydrogen-bond donors (Lipinski definition) is 3. The fourth-order valence-electron chi connectivity index (χ4n) is 2.69. The van der Waals surface area contributed by atoms with Crippen LogP contribution in [0.5, 0.6) is 0 Å². The van der Waals surface area contributed by atoms with Crippen LogP contribution in [0, 0.1) is 0 Å². The van der Waals surface area contributed by atoms with Crippen molar-refractivity contribution in [3.63, 3.8) is 0 Å². The standard InChI is InChI=1S/C18H36O4.Al.3H/c19-16-14-12-10-8-6-4-2-1-3-5-7-9-11-13-15-17(20)18(21)22;;;;/h17,19-20H,1-16H2,(H,21,22);;;;. The second kappa shape index (κ2) is 20.0. The average molecular weight is 346 g/mol. The molecular weight excluding hydrogens is 307 g/mol. The van der Waals surface area contributed by atoms with Gasteiger partial charge in [0, 0.05) is 6.61 Å². The first-order valence-corrected chi connectivity index (χ1v) is 9.20. The molecule has 0 saturated carbocycles. The van der Waals surface area contributed by atoms with E-state index in [0.717, 1.165) is 25.7 Å². The van der Waals surface area contributed by atoms with Crippen LogP contribution in [0.15, 0.2) is 0 Å². The number of hydrogen-bond acceptors (Lipinski definition) is 3. The largest absolute Gasteiger partial charge is 0.479 e. The molecule has 0 amide bonds. The fraction of sp³-hybridized carbons (Fsp3) is 0.944. The molecule has 4 nitrogen and oxygen atoms in total. The maximum atomic E-state index is 10.4. The van der Waals surface area contributed by atoms with E-state index >= 15 is 0 Å². The monoisotopic (exact) mass is 346 g/mol. The second-order valence-corrected chi connectivity index (χ2v) is 6.32. The Morgan fingerprint density at radius 2 is 0.957 bits per heavy atom. The van der Waals surface area contributed by atoms with Crippen molar-refractivity contribution in [1.29, 1.82) is 0 Å². The maximum Gasteiger partial charge on any atom is 0.332 e. The number of aliphatic carboxylic acids is 1. The number of carboxylic acids is 1. The van der Waals surface area contributed by atoms with Gasteiger partial charge in [-0.2, -0.15) is 0 Å². The van der Waals surface area contributed by atoms with Gasteiger partial charge in [-0.1, -0.05) is 83.5 Å². The Balaban J connectivity index is 0. The lowest BCUT2D eigenvalue weighted by Crippen LogP contribution is -2.18. The molecule has 0 aromatic heterocycles. The van der Waals surface area contributed by atoms with E-state index < -0.39 is 12.1 Å². The molecule has 0 heterocycles. The van der Waals surface area contributed by atoms with Gasteiger partial charge in [-0.05, 0) is 12.8 Å². The number of unbranched alkanes of at least 4 members (excludes halogenated alkanes) is 13. The number of aliphatic hydroxyl groups excluding tert-OH is 2. The Kier molecular flexibility index (Phi) is 21.8.